The fraction of sp³-hybridized carbons (Fsp3) is 0.467. The van der Waals surface area contributed by atoms with Gasteiger partial charge in [-0.05, 0) is 31.0 Å². The molecule has 0 saturated heterocycles. The summed E-state index contributed by atoms with van der Waals surface area (Å²) in [4.78, 5) is 0. The molecule has 0 radical (unpaired) electrons. The van der Waals surface area contributed by atoms with E-state index in [0.29, 0.717) is 22.9 Å². The summed E-state index contributed by atoms with van der Waals surface area (Å²) in [7, 11) is 0. The Morgan fingerprint density at radius 1 is 1.08 bits per heavy atom. The molecular weight excluding hydrogens is 335 g/mol. The Morgan fingerprint density at radius 2 is 1.88 bits per heavy atom. The molecule has 1 fully saturated rings. The Balaban J connectivity index is 1.49. The molecule has 0 spiro atoms. The minimum absolute atomic E-state index is 0.0448. The van der Waals surface area contributed by atoms with Crippen molar-refractivity contribution in [3.63, 3.8) is 0 Å². The molecule has 4 rings (SSSR count). The number of halogens is 3. The first-order chi connectivity index (χ1) is 12.0. The molecule has 3 aromatic heterocycles. The van der Waals surface area contributed by atoms with Crippen molar-refractivity contribution in [1.82, 2.24) is 29.6 Å². The zero-order valence-electron chi connectivity index (χ0n) is 13.2. The van der Waals surface area contributed by atoms with Crippen molar-refractivity contribution in [2.45, 2.75) is 44.4 Å². The van der Waals surface area contributed by atoms with Gasteiger partial charge < -0.3 is 5.32 Å². The number of hydrogen-bond acceptors (Lipinski definition) is 5. The number of nitrogens with one attached hydrogen (secondary N) is 1. The van der Waals surface area contributed by atoms with E-state index >= 15 is 0 Å². The highest BCUT2D eigenvalue weighted by molar-refractivity contribution is 5.44. The number of alkyl halides is 3. The number of fused-ring (bicyclic) bond motifs is 1. The average Bonchev–Trinajstić information content (AvgIpc) is 3.30. The Kier molecular flexibility index (Phi) is 3.81. The van der Waals surface area contributed by atoms with Gasteiger partial charge in [0, 0.05) is 6.20 Å². The van der Waals surface area contributed by atoms with E-state index in [2.05, 4.69) is 25.7 Å². The zero-order chi connectivity index (χ0) is 17.4. The van der Waals surface area contributed by atoms with Crippen LogP contribution in [0.15, 0.2) is 24.4 Å². The maximum atomic E-state index is 12.9. The van der Waals surface area contributed by atoms with Gasteiger partial charge in [0.05, 0.1) is 18.3 Å². The molecule has 0 aliphatic heterocycles. The van der Waals surface area contributed by atoms with Gasteiger partial charge in [-0.2, -0.15) is 22.8 Å². The van der Waals surface area contributed by atoms with Crippen molar-refractivity contribution in [3.05, 3.63) is 35.9 Å². The molecule has 1 aliphatic rings. The van der Waals surface area contributed by atoms with Crippen LogP contribution in [0.2, 0.25) is 0 Å². The Morgan fingerprint density at radius 3 is 2.64 bits per heavy atom. The lowest BCUT2D eigenvalue weighted by molar-refractivity contribution is -0.146. The van der Waals surface area contributed by atoms with Gasteiger partial charge in [0.15, 0.2) is 5.65 Å². The second-order valence-electron chi connectivity index (χ2n) is 6.09. The van der Waals surface area contributed by atoms with Gasteiger partial charge >= 0.3 is 6.18 Å². The van der Waals surface area contributed by atoms with Gasteiger partial charge in [-0.3, -0.25) is 4.68 Å². The van der Waals surface area contributed by atoms with Gasteiger partial charge in [-0.15, -0.1) is 15.3 Å². The lowest BCUT2D eigenvalue weighted by atomic mass is 10.3. The number of rotatable bonds is 4. The van der Waals surface area contributed by atoms with Crippen LogP contribution in [0.5, 0.6) is 0 Å². The lowest BCUT2D eigenvalue weighted by Gasteiger charge is -2.09. The van der Waals surface area contributed by atoms with E-state index in [9.17, 15) is 13.2 Å². The third-order valence-electron chi connectivity index (χ3n) is 4.33. The highest BCUT2D eigenvalue weighted by Gasteiger charge is 2.37. The Labute approximate surface area is 140 Å². The van der Waals surface area contributed by atoms with Crippen molar-refractivity contribution in [1.29, 1.82) is 0 Å². The number of aromatic nitrogens is 6. The minimum atomic E-state index is -4.61. The average molecular weight is 351 g/mol. The van der Waals surface area contributed by atoms with Crippen LogP contribution < -0.4 is 5.32 Å². The molecular formula is C15H16F3N7. The molecule has 0 atom stereocenters. The monoisotopic (exact) mass is 351 g/mol. The summed E-state index contributed by atoms with van der Waals surface area (Å²) in [5.74, 6) is -0.843. The molecule has 0 amide bonds. The molecule has 10 heteroatoms. The molecule has 0 aromatic carbocycles. The van der Waals surface area contributed by atoms with Crippen LogP contribution in [0.1, 0.15) is 43.2 Å². The normalized spacial score (nSPS) is 16.0. The standard InChI is InChI=1S/C15H16F3N7/c16-15(17,18)14-21-20-13-6-5-12(23-25(13)14)19-9-10-7-8-24(22-10)11-3-1-2-4-11/h5-8,11H,1-4,9H2,(H,19,23). The van der Waals surface area contributed by atoms with Crippen LogP contribution in [-0.2, 0) is 12.7 Å². The van der Waals surface area contributed by atoms with Crippen LogP contribution >= 0.6 is 0 Å². The summed E-state index contributed by atoms with van der Waals surface area (Å²) in [6.07, 6.45) is 2.07. The highest BCUT2D eigenvalue weighted by Crippen LogP contribution is 2.29. The number of nitrogens with zero attached hydrogens (tertiary/aromatic N) is 6. The first kappa shape index (κ1) is 15.9. The van der Waals surface area contributed by atoms with Crippen LogP contribution in [0, 0.1) is 0 Å². The molecule has 1 aliphatic carbocycles. The second-order valence-corrected chi connectivity index (χ2v) is 6.09. The quantitative estimate of drug-likeness (QED) is 0.782. The predicted molar refractivity (Wildman–Crippen MR) is 82.8 cm³/mol. The first-order valence-electron chi connectivity index (χ1n) is 8.08. The van der Waals surface area contributed by atoms with Crippen LogP contribution in [0.3, 0.4) is 0 Å². The molecule has 0 unspecified atom stereocenters. The molecule has 25 heavy (non-hydrogen) atoms. The smallest absolute Gasteiger partial charge is 0.363 e. The first-order valence-corrected chi connectivity index (χ1v) is 8.08. The molecule has 3 heterocycles. The fourth-order valence-electron chi connectivity index (χ4n) is 3.08. The van der Waals surface area contributed by atoms with E-state index in [1.807, 2.05) is 16.9 Å². The van der Waals surface area contributed by atoms with Crippen LogP contribution in [-0.4, -0.2) is 29.6 Å². The third-order valence-corrected chi connectivity index (χ3v) is 4.33. The summed E-state index contributed by atoms with van der Waals surface area (Å²) < 4.78 is 41.3. The van der Waals surface area contributed by atoms with E-state index in [-0.39, 0.29) is 5.65 Å². The van der Waals surface area contributed by atoms with Crippen molar-refractivity contribution in [2.75, 3.05) is 5.32 Å². The van der Waals surface area contributed by atoms with Crippen LogP contribution in [0.4, 0.5) is 19.0 Å². The summed E-state index contributed by atoms with van der Waals surface area (Å²) in [6.45, 7) is 0.377. The summed E-state index contributed by atoms with van der Waals surface area (Å²) >= 11 is 0. The largest absolute Gasteiger partial charge is 0.453 e. The van der Waals surface area contributed by atoms with Crippen molar-refractivity contribution >= 4 is 11.5 Å². The Bertz CT molecular complexity index is 877. The van der Waals surface area contributed by atoms with Crippen molar-refractivity contribution in [3.8, 4) is 0 Å². The summed E-state index contributed by atoms with van der Waals surface area (Å²) in [5, 5.41) is 18.1. The molecule has 0 bridgehead atoms. The summed E-state index contributed by atoms with van der Waals surface area (Å²) in [5.41, 5.74) is 0.858. The van der Waals surface area contributed by atoms with E-state index in [1.165, 1.54) is 18.9 Å². The van der Waals surface area contributed by atoms with Crippen molar-refractivity contribution < 1.29 is 13.2 Å². The Hall–Kier alpha value is -2.65. The number of anilines is 1. The molecule has 7 nitrogen and oxygen atoms in total. The van der Waals surface area contributed by atoms with Gasteiger partial charge in [0.2, 0.25) is 0 Å². The molecule has 1 N–H and O–H groups in total. The number of hydrogen-bond donors (Lipinski definition) is 1. The van der Waals surface area contributed by atoms with Gasteiger partial charge in [0.25, 0.3) is 5.82 Å². The minimum Gasteiger partial charge on any atom is -0.363 e. The SMILES string of the molecule is FC(F)(F)c1nnc2ccc(NCc3ccn(C4CCCC4)n3)nn12. The second kappa shape index (κ2) is 6.01. The zero-order valence-corrected chi connectivity index (χ0v) is 13.2. The topological polar surface area (TPSA) is 72.9 Å². The van der Waals surface area contributed by atoms with E-state index in [0.717, 1.165) is 18.5 Å². The molecule has 3 aromatic rings. The summed E-state index contributed by atoms with van der Waals surface area (Å²) in [6, 6.07) is 5.37. The fourth-order valence-corrected chi connectivity index (χ4v) is 3.08. The van der Waals surface area contributed by atoms with E-state index in [4.69, 9.17) is 0 Å². The van der Waals surface area contributed by atoms with Gasteiger partial charge in [-0.1, -0.05) is 12.8 Å². The highest BCUT2D eigenvalue weighted by atomic mass is 19.4. The van der Waals surface area contributed by atoms with Gasteiger partial charge in [-0.25, -0.2) is 0 Å². The van der Waals surface area contributed by atoms with Crippen molar-refractivity contribution in [2.24, 2.45) is 0 Å². The maximum absolute atomic E-state index is 12.9. The van der Waals surface area contributed by atoms with Gasteiger partial charge in [0.1, 0.15) is 5.82 Å². The maximum Gasteiger partial charge on any atom is 0.453 e. The lowest BCUT2D eigenvalue weighted by Crippen LogP contribution is -2.13. The van der Waals surface area contributed by atoms with Crippen LogP contribution in [0.25, 0.3) is 5.65 Å². The molecule has 1 saturated carbocycles. The third kappa shape index (κ3) is 3.15. The van der Waals surface area contributed by atoms with E-state index < -0.39 is 12.0 Å². The predicted octanol–water partition coefficient (Wildman–Crippen LogP) is 3.07. The van der Waals surface area contributed by atoms with E-state index in [1.54, 1.807) is 6.07 Å². The molecule has 132 valence electrons.